The molecule has 0 atom stereocenters. The molecule has 0 fully saturated rings. The molecule has 10 heteroatoms. The molecule has 4 rings (SSSR count). The molecular weight excluding hydrogens is 492 g/mol. The molecule has 0 bridgehead atoms. The molecule has 37 heavy (non-hydrogen) atoms. The molecule has 2 N–H and O–H groups in total. The Balaban J connectivity index is 1.59. The molecule has 2 aromatic carbocycles. The summed E-state index contributed by atoms with van der Waals surface area (Å²) in [6, 6.07) is 11.2. The predicted octanol–water partition coefficient (Wildman–Crippen LogP) is 5.66. The van der Waals surface area contributed by atoms with Crippen LogP contribution in [0.25, 0.3) is 10.9 Å². The number of amides is 1. The molecule has 2 aromatic heterocycles. The van der Waals surface area contributed by atoms with Crippen LogP contribution >= 0.6 is 11.6 Å². The highest BCUT2D eigenvalue weighted by Crippen LogP contribution is 2.35. The Bertz CT molecular complexity index is 1450. The van der Waals surface area contributed by atoms with Crippen LogP contribution < -0.4 is 15.4 Å². The van der Waals surface area contributed by atoms with E-state index in [1.807, 2.05) is 38.1 Å². The number of aromatic nitrogens is 2. The lowest BCUT2D eigenvalue weighted by molar-refractivity contribution is -0.116. The lowest BCUT2D eigenvalue weighted by Gasteiger charge is -2.16. The Labute approximate surface area is 220 Å². The topological polar surface area (TPSA) is 116 Å². The van der Waals surface area contributed by atoms with Crippen molar-refractivity contribution in [1.82, 2.24) is 14.9 Å². The van der Waals surface area contributed by atoms with Crippen molar-refractivity contribution in [3.8, 4) is 11.8 Å². The third-order valence-corrected chi connectivity index (χ3v) is 5.97. The van der Waals surface area contributed by atoms with Gasteiger partial charge < -0.3 is 24.7 Å². The molecule has 0 aliphatic heterocycles. The molecule has 0 saturated heterocycles. The first-order valence-corrected chi connectivity index (χ1v) is 12.1. The fourth-order valence-corrected chi connectivity index (χ4v) is 4.00. The number of nitrogens with zero attached hydrogens (tertiary/aromatic N) is 4. The van der Waals surface area contributed by atoms with Crippen LogP contribution in [0.5, 0.6) is 5.75 Å². The van der Waals surface area contributed by atoms with Crippen LogP contribution in [0.15, 0.2) is 53.6 Å². The van der Waals surface area contributed by atoms with Crippen molar-refractivity contribution >= 4 is 45.5 Å². The largest absolute Gasteiger partial charge is 0.486 e. The minimum absolute atomic E-state index is 0.0591. The van der Waals surface area contributed by atoms with Crippen molar-refractivity contribution in [2.45, 2.75) is 26.4 Å². The maximum atomic E-state index is 12.5. The number of oxazole rings is 1. The minimum Gasteiger partial charge on any atom is -0.486 e. The number of aryl methyl sites for hydroxylation is 1. The standard InChI is InChI=1S/C27H27ClN6O3/c1-17-9-24-21(11-23(17)33-26(35)5-4-8-34(2)3)27(18(12-29)13-30-24)32-19-6-7-25(22(28)10-19)37-15-20-14-36-16-31-20/h6-7,9-11,13-14,16H,4-5,8,15H2,1-3H3,(H,30,32)(H,33,35). The molecule has 0 radical (unpaired) electrons. The summed E-state index contributed by atoms with van der Waals surface area (Å²) < 4.78 is 10.7. The van der Waals surface area contributed by atoms with Gasteiger partial charge in [-0.2, -0.15) is 5.26 Å². The number of nitrogens with one attached hydrogen (secondary N) is 2. The highest BCUT2D eigenvalue weighted by atomic mass is 35.5. The van der Waals surface area contributed by atoms with Gasteiger partial charge in [0.1, 0.15) is 30.4 Å². The van der Waals surface area contributed by atoms with Gasteiger partial charge in [-0.25, -0.2) is 4.98 Å². The predicted molar refractivity (Wildman–Crippen MR) is 143 cm³/mol. The number of nitriles is 1. The number of ether oxygens (including phenoxy) is 1. The number of benzene rings is 2. The summed E-state index contributed by atoms with van der Waals surface area (Å²) in [6.45, 7) is 2.97. The van der Waals surface area contributed by atoms with Crippen molar-refractivity contribution in [2.75, 3.05) is 31.3 Å². The van der Waals surface area contributed by atoms with Crippen molar-refractivity contribution in [3.05, 3.63) is 71.0 Å². The van der Waals surface area contributed by atoms with Gasteiger partial charge in [-0.15, -0.1) is 0 Å². The van der Waals surface area contributed by atoms with Crippen molar-refractivity contribution in [3.63, 3.8) is 0 Å². The number of halogens is 1. The van der Waals surface area contributed by atoms with Crippen LogP contribution in [-0.4, -0.2) is 41.4 Å². The first-order valence-electron chi connectivity index (χ1n) is 11.7. The maximum Gasteiger partial charge on any atom is 0.224 e. The third-order valence-electron chi connectivity index (χ3n) is 5.68. The smallest absolute Gasteiger partial charge is 0.224 e. The normalized spacial score (nSPS) is 10.9. The fraction of sp³-hybridized carbons (Fsp3) is 0.259. The molecule has 0 aliphatic carbocycles. The van der Waals surface area contributed by atoms with E-state index in [-0.39, 0.29) is 12.5 Å². The van der Waals surface area contributed by atoms with Crippen LogP contribution in [0.3, 0.4) is 0 Å². The minimum atomic E-state index is -0.0591. The lowest BCUT2D eigenvalue weighted by atomic mass is 10.0. The average Bonchev–Trinajstić information content (AvgIpc) is 3.38. The zero-order valence-corrected chi connectivity index (χ0v) is 21.6. The van der Waals surface area contributed by atoms with Gasteiger partial charge in [-0.3, -0.25) is 9.78 Å². The van der Waals surface area contributed by atoms with E-state index in [9.17, 15) is 10.1 Å². The third kappa shape index (κ3) is 6.55. The van der Waals surface area contributed by atoms with Crippen molar-refractivity contribution in [2.24, 2.45) is 0 Å². The van der Waals surface area contributed by atoms with Gasteiger partial charge in [0.2, 0.25) is 5.91 Å². The van der Waals surface area contributed by atoms with Gasteiger partial charge in [0.15, 0.2) is 6.39 Å². The molecule has 190 valence electrons. The number of carbonyl (C=O) groups is 1. The number of hydrogen-bond donors (Lipinski definition) is 2. The molecule has 1 amide bonds. The zero-order chi connectivity index (χ0) is 26.4. The van der Waals surface area contributed by atoms with E-state index in [2.05, 4.69) is 26.7 Å². The summed E-state index contributed by atoms with van der Waals surface area (Å²) in [6.07, 6.45) is 5.55. The summed E-state index contributed by atoms with van der Waals surface area (Å²) in [5, 5.41) is 17.2. The van der Waals surface area contributed by atoms with Gasteiger partial charge in [-0.1, -0.05) is 11.6 Å². The van der Waals surface area contributed by atoms with E-state index in [0.29, 0.717) is 56.4 Å². The van der Waals surface area contributed by atoms with E-state index < -0.39 is 0 Å². The van der Waals surface area contributed by atoms with E-state index in [1.54, 1.807) is 18.2 Å². The first-order chi connectivity index (χ1) is 17.8. The summed E-state index contributed by atoms with van der Waals surface area (Å²) in [5.74, 6) is 0.432. The van der Waals surface area contributed by atoms with Gasteiger partial charge in [0, 0.05) is 29.4 Å². The Hall–Kier alpha value is -4.13. The second-order valence-electron chi connectivity index (χ2n) is 8.84. The second-order valence-corrected chi connectivity index (χ2v) is 9.24. The molecule has 2 heterocycles. The SMILES string of the molecule is Cc1cc2ncc(C#N)c(Nc3ccc(OCc4cocn4)c(Cl)c3)c2cc1NC(=O)CCCN(C)C. The first kappa shape index (κ1) is 25.9. The van der Waals surface area contributed by atoms with Crippen LogP contribution in [0.4, 0.5) is 17.1 Å². The quantitative estimate of drug-likeness (QED) is 0.276. The maximum absolute atomic E-state index is 12.5. The molecule has 9 nitrogen and oxygen atoms in total. The van der Waals surface area contributed by atoms with Crippen LogP contribution in [0.1, 0.15) is 29.7 Å². The Morgan fingerprint density at radius 3 is 2.78 bits per heavy atom. The Kier molecular flexibility index (Phi) is 8.23. The number of hydrogen-bond acceptors (Lipinski definition) is 8. The van der Waals surface area contributed by atoms with E-state index in [1.165, 1.54) is 18.9 Å². The number of carbonyl (C=O) groups excluding carboxylic acids is 1. The molecule has 0 unspecified atom stereocenters. The lowest BCUT2D eigenvalue weighted by Crippen LogP contribution is -2.17. The van der Waals surface area contributed by atoms with Gasteiger partial charge in [-0.05, 0) is 69.9 Å². The van der Waals surface area contributed by atoms with Gasteiger partial charge in [0.25, 0.3) is 0 Å². The molecule has 0 aliphatic rings. The highest BCUT2D eigenvalue weighted by Gasteiger charge is 2.14. The number of anilines is 3. The van der Waals surface area contributed by atoms with E-state index in [4.69, 9.17) is 20.8 Å². The number of pyridine rings is 1. The van der Waals surface area contributed by atoms with Crippen LogP contribution in [0.2, 0.25) is 5.02 Å². The second kappa shape index (κ2) is 11.7. The molecule has 0 spiro atoms. The fourth-order valence-electron chi connectivity index (χ4n) is 3.77. The Morgan fingerprint density at radius 2 is 2.08 bits per heavy atom. The van der Waals surface area contributed by atoms with E-state index >= 15 is 0 Å². The monoisotopic (exact) mass is 518 g/mol. The average molecular weight is 519 g/mol. The van der Waals surface area contributed by atoms with Gasteiger partial charge >= 0.3 is 0 Å². The number of fused-ring (bicyclic) bond motifs is 1. The molecule has 4 aromatic rings. The van der Waals surface area contributed by atoms with Crippen LogP contribution in [0, 0.1) is 18.3 Å². The summed E-state index contributed by atoms with van der Waals surface area (Å²) in [4.78, 5) is 23.0. The summed E-state index contributed by atoms with van der Waals surface area (Å²) >= 11 is 6.46. The Morgan fingerprint density at radius 1 is 1.24 bits per heavy atom. The van der Waals surface area contributed by atoms with Crippen molar-refractivity contribution in [1.29, 1.82) is 5.26 Å². The van der Waals surface area contributed by atoms with Crippen LogP contribution in [-0.2, 0) is 11.4 Å². The highest BCUT2D eigenvalue weighted by molar-refractivity contribution is 6.32. The summed E-state index contributed by atoms with van der Waals surface area (Å²) in [7, 11) is 3.96. The number of rotatable bonds is 10. The van der Waals surface area contributed by atoms with Crippen molar-refractivity contribution < 1.29 is 13.9 Å². The van der Waals surface area contributed by atoms with Gasteiger partial charge in [0.05, 0.1) is 21.8 Å². The zero-order valence-electron chi connectivity index (χ0n) is 20.8. The molecular formula is C27H27ClN6O3. The summed E-state index contributed by atoms with van der Waals surface area (Å²) in [5.41, 5.74) is 4.51. The van der Waals surface area contributed by atoms with E-state index in [0.717, 1.165) is 18.5 Å². The molecule has 0 saturated carbocycles.